The molecule has 2 aromatic carbocycles. The minimum atomic E-state index is -0.677. The van der Waals surface area contributed by atoms with Crippen molar-refractivity contribution in [3.8, 4) is 23.1 Å². The van der Waals surface area contributed by atoms with E-state index < -0.39 is 10.8 Å². The van der Waals surface area contributed by atoms with Gasteiger partial charge >= 0.3 is 0 Å². The molecule has 9 heteroatoms. The molecule has 1 amide bonds. The lowest BCUT2D eigenvalue weighted by molar-refractivity contribution is -0.384. The number of methoxy groups -OCH3 is 1. The molecule has 0 saturated heterocycles. The second kappa shape index (κ2) is 8.49. The number of amides is 1. The maximum Gasteiger partial charge on any atom is 0.275 e. The molecule has 0 atom stereocenters. The van der Waals surface area contributed by atoms with E-state index in [4.69, 9.17) is 9.15 Å². The first-order valence-electron chi connectivity index (χ1n) is 8.28. The van der Waals surface area contributed by atoms with Crippen LogP contribution in [0.15, 0.2) is 64.1 Å². The van der Waals surface area contributed by atoms with Crippen LogP contribution >= 0.6 is 0 Å². The monoisotopic (exact) mass is 390 g/mol. The van der Waals surface area contributed by atoms with Crippen LogP contribution in [-0.4, -0.2) is 24.2 Å². The van der Waals surface area contributed by atoms with Gasteiger partial charge in [0.2, 0.25) is 0 Å². The van der Waals surface area contributed by atoms with Gasteiger partial charge in [0.05, 0.1) is 35.4 Å². The Morgan fingerprint density at radius 3 is 2.79 bits per heavy atom. The number of carbonyl (C=O) groups excluding carboxylic acids is 1. The molecule has 3 rings (SSSR count). The largest absolute Gasteiger partial charge is 0.496 e. The first-order chi connectivity index (χ1) is 14.0. The van der Waals surface area contributed by atoms with Crippen LogP contribution in [0, 0.1) is 21.4 Å². The highest BCUT2D eigenvalue weighted by molar-refractivity contribution is 5.98. The summed E-state index contributed by atoms with van der Waals surface area (Å²) in [5.41, 5.74) is 3.11. The Morgan fingerprint density at radius 1 is 1.28 bits per heavy atom. The number of hydrogen-bond acceptors (Lipinski definition) is 7. The van der Waals surface area contributed by atoms with E-state index in [1.165, 1.54) is 25.5 Å². The van der Waals surface area contributed by atoms with Gasteiger partial charge in [-0.05, 0) is 30.3 Å². The van der Waals surface area contributed by atoms with Crippen molar-refractivity contribution < 1.29 is 18.9 Å². The van der Waals surface area contributed by atoms with Crippen molar-refractivity contribution in [1.82, 2.24) is 5.43 Å². The molecule has 0 spiro atoms. The zero-order valence-corrected chi connectivity index (χ0v) is 15.2. The lowest BCUT2D eigenvalue weighted by Crippen LogP contribution is -2.18. The van der Waals surface area contributed by atoms with E-state index in [0.29, 0.717) is 22.6 Å². The molecule has 1 heterocycles. The van der Waals surface area contributed by atoms with Gasteiger partial charge < -0.3 is 9.15 Å². The van der Waals surface area contributed by atoms with Crippen LogP contribution in [0.4, 0.5) is 5.69 Å². The molecule has 0 radical (unpaired) electrons. The lowest BCUT2D eigenvalue weighted by atomic mass is 10.1. The van der Waals surface area contributed by atoms with E-state index in [0.717, 1.165) is 6.07 Å². The molecule has 0 saturated carbocycles. The number of nitrogens with zero attached hydrogens (tertiary/aromatic N) is 3. The number of ether oxygens (including phenoxy) is 1. The SMILES string of the molecule is COc1ccc([N+](=O)[O-])cc1C(=O)N/N=C\c1ccc(-c2ccccc2C#N)o1. The van der Waals surface area contributed by atoms with E-state index >= 15 is 0 Å². The number of nitriles is 1. The van der Waals surface area contributed by atoms with Gasteiger partial charge in [-0.15, -0.1) is 0 Å². The van der Waals surface area contributed by atoms with Gasteiger partial charge in [-0.1, -0.05) is 12.1 Å². The summed E-state index contributed by atoms with van der Waals surface area (Å²) in [6.45, 7) is 0. The number of hydrazone groups is 1. The molecule has 0 aliphatic carbocycles. The zero-order valence-electron chi connectivity index (χ0n) is 15.2. The standard InChI is InChI=1S/C20H14N4O5/c1-28-18-8-6-14(24(26)27)10-17(18)20(25)23-22-12-15-7-9-19(29-15)16-5-3-2-4-13(16)11-21/h2-10,12H,1H3,(H,23,25)/b22-12-. The fraction of sp³-hybridized carbons (Fsp3) is 0.0500. The second-order valence-corrected chi connectivity index (χ2v) is 5.70. The Morgan fingerprint density at radius 2 is 2.07 bits per heavy atom. The Labute approximate surface area is 165 Å². The molecule has 0 aliphatic rings. The van der Waals surface area contributed by atoms with Crippen LogP contribution in [0.3, 0.4) is 0 Å². The molecule has 29 heavy (non-hydrogen) atoms. The number of furan rings is 1. The Balaban J connectivity index is 1.75. The lowest BCUT2D eigenvalue weighted by Gasteiger charge is -2.06. The van der Waals surface area contributed by atoms with Gasteiger partial charge in [0, 0.05) is 17.7 Å². The Kier molecular flexibility index (Phi) is 5.66. The van der Waals surface area contributed by atoms with E-state index in [2.05, 4.69) is 16.6 Å². The van der Waals surface area contributed by atoms with E-state index in [-0.39, 0.29) is 17.0 Å². The third-order valence-electron chi connectivity index (χ3n) is 3.94. The predicted molar refractivity (Wildman–Crippen MR) is 104 cm³/mol. The number of benzene rings is 2. The molecule has 0 fully saturated rings. The predicted octanol–water partition coefficient (Wildman–Crippen LogP) is 3.50. The second-order valence-electron chi connectivity index (χ2n) is 5.70. The highest BCUT2D eigenvalue weighted by atomic mass is 16.6. The third-order valence-corrected chi connectivity index (χ3v) is 3.94. The summed E-state index contributed by atoms with van der Waals surface area (Å²) in [6.07, 6.45) is 1.28. The van der Waals surface area contributed by atoms with Crippen molar-refractivity contribution >= 4 is 17.8 Å². The van der Waals surface area contributed by atoms with Gasteiger partial charge in [0.25, 0.3) is 11.6 Å². The van der Waals surface area contributed by atoms with Gasteiger partial charge in [-0.2, -0.15) is 10.4 Å². The summed E-state index contributed by atoms with van der Waals surface area (Å²) in [5.74, 6) is 0.328. The quantitative estimate of drug-likeness (QED) is 0.389. The number of nitro benzene ring substituents is 1. The first kappa shape index (κ1) is 19.3. The summed E-state index contributed by atoms with van der Waals surface area (Å²) < 4.78 is 10.7. The summed E-state index contributed by atoms with van der Waals surface area (Å²) in [4.78, 5) is 22.6. The van der Waals surface area contributed by atoms with E-state index in [9.17, 15) is 20.2 Å². The number of non-ortho nitro benzene ring substituents is 1. The highest BCUT2D eigenvalue weighted by Crippen LogP contribution is 2.25. The van der Waals surface area contributed by atoms with Crippen molar-refractivity contribution in [2.24, 2.45) is 5.10 Å². The molecule has 0 unspecified atom stereocenters. The molecular formula is C20H14N4O5. The van der Waals surface area contributed by atoms with Crippen LogP contribution < -0.4 is 10.2 Å². The van der Waals surface area contributed by atoms with Crippen molar-refractivity contribution in [2.45, 2.75) is 0 Å². The number of hydrogen-bond donors (Lipinski definition) is 1. The van der Waals surface area contributed by atoms with E-state index in [1.54, 1.807) is 36.4 Å². The van der Waals surface area contributed by atoms with Gasteiger partial charge in [-0.25, -0.2) is 5.43 Å². The first-order valence-corrected chi connectivity index (χ1v) is 8.28. The average Bonchev–Trinajstić information content (AvgIpc) is 3.21. The molecule has 9 nitrogen and oxygen atoms in total. The fourth-order valence-electron chi connectivity index (χ4n) is 2.56. The molecule has 0 aliphatic heterocycles. The Hall–Kier alpha value is -4.45. The maximum absolute atomic E-state index is 12.3. The average molecular weight is 390 g/mol. The Bertz CT molecular complexity index is 1140. The number of nitrogens with one attached hydrogen (secondary N) is 1. The van der Waals surface area contributed by atoms with Crippen LogP contribution in [0.1, 0.15) is 21.7 Å². The molecular weight excluding hydrogens is 376 g/mol. The minimum Gasteiger partial charge on any atom is -0.496 e. The van der Waals surface area contributed by atoms with Crippen LogP contribution in [0.25, 0.3) is 11.3 Å². The topological polar surface area (TPSA) is 131 Å². The van der Waals surface area contributed by atoms with Crippen molar-refractivity contribution in [3.05, 3.63) is 81.6 Å². The van der Waals surface area contributed by atoms with Crippen LogP contribution in [-0.2, 0) is 0 Å². The van der Waals surface area contributed by atoms with E-state index in [1.807, 2.05) is 0 Å². The van der Waals surface area contributed by atoms with Gasteiger partial charge in [0.15, 0.2) is 0 Å². The zero-order chi connectivity index (χ0) is 20.8. The fourth-order valence-corrected chi connectivity index (χ4v) is 2.56. The van der Waals surface area contributed by atoms with Crippen molar-refractivity contribution in [3.63, 3.8) is 0 Å². The smallest absolute Gasteiger partial charge is 0.275 e. The summed E-state index contributed by atoms with van der Waals surface area (Å²) >= 11 is 0. The maximum atomic E-state index is 12.3. The van der Waals surface area contributed by atoms with Crippen molar-refractivity contribution in [2.75, 3.05) is 7.11 Å². The molecule has 0 bridgehead atoms. The normalized spacial score (nSPS) is 10.5. The minimum absolute atomic E-state index is 0.0260. The molecule has 1 aromatic heterocycles. The van der Waals surface area contributed by atoms with Crippen LogP contribution in [0.5, 0.6) is 5.75 Å². The van der Waals surface area contributed by atoms with Gasteiger partial charge in [0.1, 0.15) is 17.3 Å². The molecule has 3 aromatic rings. The number of rotatable bonds is 6. The number of carbonyl (C=O) groups is 1. The van der Waals surface area contributed by atoms with Gasteiger partial charge in [-0.3, -0.25) is 14.9 Å². The summed E-state index contributed by atoms with van der Waals surface area (Å²) in [5, 5.41) is 23.9. The van der Waals surface area contributed by atoms with Crippen molar-refractivity contribution in [1.29, 1.82) is 5.26 Å². The van der Waals surface area contributed by atoms with Crippen LogP contribution in [0.2, 0.25) is 0 Å². The number of nitro groups is 1. The summed E-state index contributed by atoms with van der Waals surface area (Å²) in [6, 6.07) is 16.1. The summed E-state index contributed by atoms with van der Waals surface area (Å²) in [7, 11) is 1.35. The molecule has 144 valence electrons. The highest BCUT2D eigenvalue weighted by Gasteiger charge is 2.17. The molecule has 1 N–H and O–H groups in total. The third kappa shape index (κ3) is 4.28.